The van der Waals surface area contributed by atoms with Crippen molar-refractivity contribution in [3.05, 3.63) is 110 Å². The summed E-state index contributed by atoms with van der Waals surface area (Å²) in [6, 6.07) is 16.9. The molecular formula is C30H24ClNO7. The van der Waals surface area contributed by atoms with Gasteiger partial charge in [0, 0.05) is 28.3 Å². The van der Waals surface area contributed by atoms with Gasteiger partial charge in [0.15, 0.2) is 17.3 Å². The van der Waals surface area contributed by atoms with E-state index in [0.29, 0.717) is 39.4 Å². The third-order valence-corrected chi connectivity index (χ3v) is 7.10. The molecule has 9 heteroatoms. The van der Waals surface area contributed by atoms with Gasteiger partial charge in [-0.3, -0.25) is 4.79 Å². The van der Waals surface area contributed by atoms with Gasteiger partial charge in [-0.05, 0) is 42.3 Å². The molecule has 1 atom stereocenters. The molecule has 0 unspecified atom stereocenters. The lowest BCUT2D eigenvalue weighted by Gasteiger charge is -2.29. The quantitative estimate of drug-likeness (QED) is 0.381. The van der Waals surface area contributed by atoms with Gasteiger partial charge in [-0.1, -0.05) is 48.0 Å². The molecule has 198 valence electrons. The second-order valence-corrected chi connectivity index (χ2v) is 9.48. The van der Waals surface area contributed by atoms with Gasteiger partial charge in [0.25, 0.3) is 0 Å². The molecule has 1 aliphatic heterocycles. The molecule has 39 heavy (non-hydrogen) atoms. The average Bonchev–Trinajstić information content (AvgIpc) is 3.22. The average molecular weight is 546 g/mol. The van der Waals surface area contributed by atoms with Crippen LogP contribution < -0.4 is 14.8 Å². The maximum atomic E-state index is 13.6. The van der Waals surface area contributed by atoms with Crippen molar-refractivity contribution >= 4 is 35.0 Å². The second kappa shape index (κ2) is 10.3. The van der Waals surface area contributed by atoms with Crippen molar-refractivity contribution in [2.75, 3.05) is 14.2 Å². The molecule has 2 aliphatic rings. The number of Topliss-reactive ketones (excluding diaryl/α,β-unsaturated/α-hetero) is 1. The molecule has 0 aromatic heterocycles. The number of rotatable bonds is 7. The first-order chi connectivity index (χ1) is 18.7. The van der Waals surface area contributed by atoms with Crippen molar-refractivity contribution in [3.63, 3.8) is 0 Å². The Kier molecular flexibility index (Phi) is 6.89. The van der Waals surface area contributed by atoms with Crippen molar-refractivity contribution in [3.8, 4) is 11.5 Å². The van der Waals surface area contributed by atoms with Gasteiger partial charge in [-0.2, -0.15) is 0 Å². The SMILES string of the molecule is COC(=O)C1=C(C)NC2=C(C(=O)c3ccccc32)[C@@H]1c1cc(Cl)c(OCc2ccc(C(=O)O)cc2)c(OC)c1. The van der Waals surface area contributed by atoms with E-state index >= 15 is 0 Å². The first kappa shape index (κ1) is 26.1. The van der Waals surface area contributed by atoms with Crippen molar-refractivity contribution in [1.29, 1.82) is 0 Å². The van der Waals surface area contributed by atoms with E-state index in [2.05, 4.69) is 5.32 Å². The van der Waals surface area contributed by atoms with E-state index in [9.17, 15) is 14.4 Å². The molecule has 0 saturated carbocycles. The van der Waals surface area contributed by atoms with Crippen molar-refractivity contribution in [2.45, 2.75) is 19.4 Å². The zero-order chi connectivity index (χ0) is 27.8. The highest BCUT2D eigenvalue weighted by Crippen LogP contribution is 2.49. The highest BCUT2D eigenvalue weighted by molar-refractivity contribution is 6.32. The summed E-state index contributed by atoms with van der Waals surface area (Å²) < 4.78 is 16.7. The van der Waals surface area contributed by atoms with Crippen LogP contribution >= 0.6 is 11.6 Å². The van der Waals surface area contributed by atoms with Crippen molar-refractivity contribution < 1.29 is 33.7 Å². The van der Waals surface area contributed by atoms with Crippen molar-refractivity contribution in [2.24, 2.45) is 0 Å². The van der Waals surface area contributed by atoms with E-state index in [4.69, 9.17) is 30.9 Å². The number of dihydropyridines is 1. The van der Waals surface area contributed by atoms with Gasteiger partial charge in [0.1, 0.15) is 6.61 Å². The Labute approximate surface area is 229 Å². The molecule has 3 aromatic carbocycles. The number of aromatic carboxylic acids is 1. The lowest BCUT2D eigenvalue weighted by molar-refractivity contribution is -0.136. The highest BCUT2D eigenvalue weighted by atomic mass is 35.5. The second-order valence-electron chi connectivity index (χ2n) is 9.08. The molecule has 0 amide bonds. The molecule has 1 heterocycles. The number of halogens is 1. The van der Waals surface area contributed by atoms with Crippen LogP contribution in [-0.4, -0.2) is 37.0 Å². The van der Waals surface area contributed by atoms with Gasteiger partial charge in [0.05, 0.1) is 36.1 Å². The minimum Gasteiger partial charge on any atom is -0.493 e. The molecule has 5 rings (SSSR count). The predicted molar refractivity (Wildman–Crippen MR) is 144 cm³/mol. The Morgan fingerprint density at radius 1 is 1.03 bits per heavy atom. The van der Waals surface area contributed by atoms with Gasteiger partial charge < -0.3 is 24.6 Å². The number of carbonyl (C=O) groups excluding carboxylic acids is 2. The number of hydrogen-bond donors (Lipinski definition) is 2. The zero-order valence-electron chi connectivity index (χ0n) is 21.3. The number of hydrogen-bond acceptors (Lipinski definition) is 7. The smallest absolute Gasteiger partial charge is 0.336 e. The van der Waals surface area contributed by atoms with Crippen LogP contribution in [-0.2, 0) is 16.1 Å². The van der Waals surface area contributed by atoms with Gasteiger partial charge in [-0.15, -0.1) is 0 Å². The number of benzene rings is 3. The minimum atomic E-state index is -1.02. The third kappa shape index (κ3) is 4.53. The topological polar surface area (TPSA) is 111 Å². The van der Waals surface area contributed by atoms with Crippen LogP contribution in [0.2, 0.25) is 5.02 Å². The van der Waals surface area contributed by atoms with E-state index in [1.54, 1.807) is 43.3 Å². The Morgan fingerprint density at radius 3 is 2.36 bits per heavy atom. The van der Waals surface area contributed by atoms with Gasteiger partial charge in [-0.25, -0.2) is 9.59 Å². The first-order valence-corrected chi connectivity index (χ1v) is 12.4. The molecule has 0 spiro atoms. The molecule has 0 fully saturated rings. The van der Waals surface area contributed by atoms with E-state index in [0.717, 1.165) is 11.1 Å². The third-order valence-electron chi connectivity index (χ3n) is 6.82. The summed E-state index contributed by atoms with van der Waals surface area (Å²) in [4.78, 5) is 37.7. The number of ketones is 1. The Balaban J connectivity index is 1.56. The summed E-state index contributed by atoms with van der Waals surface area (Å²) in [5.74, 6) is -1.95. The number of esters is 1. The minimum absolute atomic E-state index is 0.109. The van der Waals surface area contributed by atoms with Crippen LogP contribution in [0.1, 0.15) is 50.2 Å². The molecule has 0 saturated heterocycles. The number of allylic oxidation sites excluding steroid dienone is 2. The maximum Gasteiger partial charge on any atom is 0.336 e. The number of carbonyl (C=O) groups is 3. The molecule has 3 aromatic rings. The predicted octanol–water partition coefficient (Wildman–Crippen LogP) is 5.37. The molecule has 1 aliphatic carbocycles. The van der Waals surface area contributed by atoms with Crippen LogP contribution in [0.3, 0.4) is 0 Å². The molecule has 2 N–H and O–H groups in total. The molecular weight excluding hydrogens is 522 g/mol. The van der Waals surface area contributed by atoms with Crippen LogP contribution in [0.15, 0.2) is 77.5 Å². The first-order valence-electron chi connectivity index (χ1n) is 12.0. The fraction of sp³-hybridized carbons (Fsp3) is 0.167. The number of nitrogens with one attached hydrogen (secondary N) is 1. The number of carboxylic acid groups (broad SMARTS) is 1. The van der Waals surface area contributed by atoms with Crippen LogP contribution in [0, 0.1) is 0 Å². The van der Waals surface area contributed by atoms with E-state index in [-0.39, 0.29) is 28.7 Å². The summed E-state index contributed by atoms with van der Waals surface area (Å²) >= 11 is 6.70. The van der Waals surface area contributed by atoms with E-state index < -0.39 is 17.9 Å². The van der Waals surface area contributed by atoms with Crippen LogP contribution in [0.4, 0.5) is 0 Å². The zero-order valence-corrected chi connectivity index (χ0v) is 22.1. The molecule has 0 radical (unpaired) electrons. The van der Waals surface area contributed by atoms with E-state index in [1.165, 1.54) is 26.4 Å². The summed E-state index contributed by atoms with van der Waals surface area (Å²) in [6.45, 7) is 1.87. The lowest BCUT2D eigenvalue weighted by atomic mass is 9.79. The molecule has 8 nitrogen and oxygen atoms in total. The standard InChI is InChI=1S/C30H24ClNO7/c1-15-23(30(36)38-3)24(25-26(32-15)19-6-4-5-7-20(19)27(25)33)18-12-21(31)28(22(13-18)37-2)39-14-16-8-10-17(11-9-16)29(34)35/h4-13,24,32H,14H2,1-3H3,(H,34,35)/t24-/m1/s1. The van der Waals surface area contributed by atoms with Gasteiger partial charge in [0.2, 0.25) is 0 Å². The van der Waals surface area contributed by atoms with E-state index in [1.807, 2.05) is 12.1 Å². The number of carboxylic acids is 1. The fourth-order valence-electron chi connectivity index (χ4n) is 4.99. The summed E-state index contributed by atoms with van der Waals surface area (Å²) in [5.41, 5.74) is 4.70. The highest BCUT2D eigenvalue weighted by Gasteiger charge is 2.43. The van der Waals surface area contributed by atoms with Gasteiger partial charge >= 0.3 is 11.9 Å². The number of ether oxygens (including phenoxy) is 3. The lowest BCUT2D eigenvalue weighted by Crippen LogP contribution is -2.29. The number of fused-ring (bicyclic) bond motifs is 2. The van der Waals surface area contributed by atoms with Crippen molar-refractivity contribution in [1.82, 2.24) is 5.32 Å². The largest absolute Gasteiger partial charge is 0.493 e. The van der Waals surface area contributed by atoms with Crippen LogP contribution in [0.5, 0.6) is 11.5 Å². The summed E-state index contributed by atoms with van der Waals surface area (Å²) in [6.07, 6.45) is 0. The number of methoxy groups -OCH3 is 2. The Bertz CT molecular complexity index is 1590. The Hall–Kier alpha value is -4.56. The maximum absolute atomic E-state index is 13.6. The normalized spacial score (nSPS) is 15.9. The Morgan fingerprint density at radius 2 is 1.72 bits per heavy atom. The summed E-state index contributed by atoms with van der Waals surface area (Å²) in [5, 5.41) is 12.6. The summed E-state index contributed by atoms with van der Waals surface area (Å²) in [7, 11) is 2.76. The fourth-order valence-corrected chi connectivity index (χ4v) is 5.26. The molecule has 0 bridgehead atoms. The van der Waals surface area contributed by atoms with Crippen LogP contribution in [0.25, 0.3) is 5.70 Å². The monoisotopic (exact) mass is 545 g/mol.